The number of carboxylic acids is 1. The zero-order chi connectivity index (χ0) is 43.0. The molecule has 58 heavy (non-hydrogen) atoms. The third-order valence-corrected chi connectivity index (χ3v) is 17.2. The molecule has 9 nitrogen and oxygen atoms in total. The van der Waals surface area contributed by atoms with Crippen LogP contribution < -0.4 is 0 Å². The maximum atomic E-state index is 14.3. The Hall–Kier alpha value is -2.75. The highest BCUT2D eigenvalue weighted by Crippen LogP contribution is 2.77. The molecule has 0 aliphatic heterocycles. The molecule has 4 saturated carbocycles. The Morgan fingerprint density at radius 2 is 1.57 bits per heavy atom. The van der Waals surface area contributed by atoms with Gasteiger partial charge in [0, 0.05) is 35.4 Å². The second kappa shape index (κ2) is 15.6. The molecular formula is C48H71ClN2O7. The number of fused-ring (bicyclic) bond motifs is 7. The number of allylic oxidation sites excluding steroid dienone is 1. The Morgan fingerprint density at radius 3 is 2.17 bits per heavy atom. The molecule has 0 saturated heterocycles. The van der Waals surface area contributed by atoms with Gasteiger partial charge < -0.3 is 24.7 Å². The Morgan fingerprint density at radius 1 is 0.914 bits per heavy atom. The third kappa shape index (κ3) is 7.39. The minimum atomic E-state index is -1.19. The summed E-state index contributed by atoms with van der Waals surface area (Å²) < 4.78 is 6.18. The van der Waals surface area contributed by atoms with Gasteiger partial charge in [-0.3, -0.25) is 19.2 Å². The standard InChI is InChI=1S/C48H71ClN2O7/c1-29(2)40-33(52)24-48(36(53)27-51(38(54)28-50(10)11)26-30-12-14-31(49)15-13-30)23-22-46(8)32(41(40)48)16-17-35-45(7)20-19-37(58-39(55)25-43(3,4)42(56)57)44(5,6)34(45)18-21-47(35,46)9/h12-15,29,32,34-37,53H,16-28H2,1-11H3,(H,56,57)/t32-,34+,35-,36?,37+,45+,46-,47-,48?/m1/s1. The lowest BCUT2D eigenvalue weighted by Crippen LogP contribution is -2.66. The molecule has 1 amide bonds. The number of halogens is 1. The number of esters is 1. The average molecular weight is 824 g/mol. The van der Waals surface area contributed by atoms with E-state index in [1.54, 1.807) is 18.7 Å². The number of ether oxygens (including phenoxy) is 1. The van der Waals surface area contributed by atoms with Crippen molar-refractivity contribution in [2.75, 3.05) is 27.2 Å². The molecule has 0 aromatic heterocycles. The molecule has 6 rings (SSSR count). The summed E-state index contributed by atoms with van der Waals surface area (Å²) >= 11 is 6.20. The SMILES string of the molecule is CC(C)C1=C2[C@H]3CC[C@@H]4[C@@]5(C)CC[C@H](OC(=O)CC(C)(C)C(=O)O)C(C)(C)[C@@H]5CC[C@@]4(C)[C@]3(C)CCC2(C(O)CN(Cc2ccc(Cl)cc2)C(=O)CN(C)C)CC1=O. The molecule has 0 heterocycles. The van der Waals surface area contributed by atoms with Crippen LogP contribution in [0.3, 0.4) is 0 Å². The van der Waals surface area contributed by atoms with E-state index in [1.165, 1.54) is 5.57 Å². The quantitative estimate of drug-likeness (QED) is 0.200. The number of benzene rings is 1. The highest BCUT2D eigenvalue weighted by atomic mass is 35.5. The molecule has 4 fully saturated rings. The topological polar surface area (TPSA) is 124 Å². The average Bonchev–Trinajstić information content (AvgIpc) is 3.43. The van der Waals surface area contributed by atoms with Gasteiger partial charge in [-0.25, -0.2) is 0 Å². The van der Waals surface area contributed by atoms with E-state index in [9.17, 15) is 29.4 Å². The largest absolute Gasteiger partial charge is 0.481 e. The van der Waals surface area contributed by atoms with Crippen molar-refractivity contribution in [2.24, 2.45) is 56.2 Å². The zero-order valence-electron chi connectivity index (χ0n) is 37.2. The molecule has 0 spiro atoms. The molecule has 5 aliphatic rings. The fourth-order valence-corrected chi connectivity index (χ4v) is 13.9. The Kier molecular flexibility index (Phi) is 12.1. The number of hydrogen-bond acceptors (Lipinski definition) is 7. The number of nitrogens with zero attached hydrogens (tertiary/aromatic N) is 2. The molecular weight excluding hydrogens is 752 g/mol. The minimum absolute atomic E-state index is 0.0114. The van der Waals surface area contributed by atoms with Gasteiger partial charge in [0.1, 0.15) is 6.10 Å². The van der Waals surface area contributed by atoms with Crippen molar-refractivity contribution in [1.29, 1.82) is 0 Å². The van der Waals surface area contributed by atoms with Gasteiger partial charge >= 0.3 is 11.9 Å². The minimum Gasteiger partial charge on any atom is -0.481 e. The summed E-state index contributed by atoms with van der Waals surface area (Å²) in [5, 5.41) is 22.9. The molecule has 10 heteroatoms. The highest BCUT2D eigenvalue weighted by Gasteiger charge is 2.71. The van der Waals surface area contributed by atoms with Gasteiger partial charge in [0.15, 0.2) is 5.78 Å². The maximum Gasteiger partial charge on any atom is 0.309 e. The van der Waals surface area contributed by atoms with Gasteiger partial charge in [0.25, 0.3) is 0 Å². The van der Waals surface area contributed by atoms with E-state index in [1.807, 2.05) is 43.3 Å². The van der Waals surface area contributed by atoms with Crippen LogP contribution in [-0.2, 0) is 30.5 Å². The number of aliphatic hydroxyl groups excluding tert-OH is 1. The van der Waals surface area contributed by atoms with E-state index >= 15 is 0 Å². The predicted molar refractivity (Wildman–Crippen MR) is 227 cm³/mol. The van der Waals surface area contributed by atoms with E-state index in [4.69, 9.17) is 16.3 Å². The molecule has 5 aliphatic carbocycles. The molecule has 1 aromatic carbocycles. The summed E-state index contributed by atoms with van der Waals surface area (Å²) in [6.45, 7) is 20.1. The number of carboxylic acid groups (broad SMARTS) is 1. The van der Waals surface area contributed by atoms with E-state index < -0.39 is 28.9 Å². The molecule has 1 aromatic rings. The van der Waals surface area contributed by atoms with E-state index in [0.717, 1.165) is 56.1 Å². The molecule has 322 valence electrons. The van der Waals surface area contributed by atoms with Crippen molar-refractivity contribution >= 4 is 35.2 Å². The van der Waals surface area contributed by atoms with Crippen LogP contribution in [0.2, 0.25) is 5.02 Å². The lowest BCUT2D eigenvalue weighted by molar-refractivity contribution is -0.235. The van der Waals surface area contributed by atoms with Gasteiger partial charge in [-0.15, -0.1) is 0 Å². The van der Waals surface area contributed by atoms with Crippen LogP contribution in [0.25, 0.3) is 0 Å². The number of carbonyl (C=O) groups is 4. The smallest absolute Gasteiger partial charge is 0.309 e. The Balaban J connectivity index is 1.30. The predicted octanol–water partition coefficient (Wildman–Crippen LogP) is 8.98. The van der Waals surface area contributed by atoms with Crippen molar-refractivity contribution in [3.8, 4) is 0 Å². The summed E-state index contributed by atoms with van der Waals surface area (Å²) in [6.07, 6.45) is 6.25. The van der Waals surface area contributed by atoms with Gasteiger partial charge in [0.2, 0.25) is 5.91 Å². The normalized spacial score (nSPS) is 34.8. The van der Waals surface area contributed by atoms with E-state index in [-0.39, 0.29) is 77.2 Å². The van der Waals surface area contributed by atoms with Crippen LogP contribution in [0.4, 0.5) is 0 Å². The molecule has 2 N–H and O–H groups in total. The van der Waals surface area contributed by atoms with Crippen molar-refractivity contribution < 1.29 is 34.1 Å². The number of hydrogen-bond donors (Lipinski definition) is 2. The van der Waals surface area contributed by atoms with E-state index in [2.05, 4.69) is 48.5 Å². The first-order valence-corrected chi connectivity index (χ1v) is 22.3. The van der Waals surface area contributed by atoms with E-state index in [0.29, 0.717) is 29.8 Å². The van der Waals surface area contributed by atoms with Crippen LogP contribution in [-0.4, -0.2) is 83.0 Å². The highest BCUT2D eigenvalue weighted by molar-refractivity contribution is 6.30. The summed E-state index contributed by atoms with van der Waals surface area (Å²) in [5.41, 5.74) is 0.730. The summed E-state index contributed by atoms with van der Waals surface area (Å²) in [4.78, 5) is 56.7. The summed E-state index contributed by atoms with van der Waals surface area (Å²) in [5.74, 6) is -0.430. The first kappa shape index (κ1) is 44.8. The van der Waals surface area contributed by atoms with Gasteiger partial charge in [-0.05, 0) is 142 Å². The number of carbonyl (C=O) groups excluding carboxylic acids is 3. The van der Waals surface area contributed by atoms with Gasteiger partial charge in [0.05, 0.1) is 24.5 Å². The fraction of sp³-hybridized carbons (Fsp3) is 0.750. The zero-order valence-corrected chi connectivity index (χ0v) is 37.9. The number of aliphatic carboxylic acids is 1. The number of Topliss-reactive ketones (excluding diaryl/α,β-unsaturated/α-hetero) is 1. The van der Waals surface area contributed by atoms with Crippen LogP contribution in [0.5, 0.6) is 0 Å². The number of rotatable bonds is 12. The Bertz CT molecular complexity index is 1820. The van der Waals surface area contributed by atoms with Crippen molar-refractivity contribution in [3.63, 3.8) is 0 Å². The van der Waals surface area contributed by atoms with Gasteiger partial charge in [-0.2, -0.15) is 0 Å². The molecule has 2 unspecified atom stereocenters. The Labute approximate surface area is 352 Å². The van der Waals surface area contributed by atoms with Crippen LogP contribution in [0, 0.1) is 56.2 Å². The number of ketones is 1. The van der Waals surface area contributed by atoms with Crippen molar-refractivity contribution in [2.45, 2.75) is 145 Å². The summed E-state index contributed by atoms with van der Waals surface area (Å²) in [6, 6.07) is 7.50. The van der Waals surface area contributed by atoms with Crippen molar-refractivity contribution in [1.82, 2.24) is 9.80 Å². The number of likely N-dealkylation sites (N-methyl/N-ethyl adjacent to an activating group) is 1. The van der Waals surface area contributed by atoms with Crippen LogP contribution in [0.15, 0.2) is 35.4 Å². The second-order valence-electron chi connectivity index (χ2n) is 21.7. The number of amides is 1. The molecule has 9 atom stereocenters. The summed E-state index contributed by atoms with van der Waals surface area (Å²) in [7, 11) is 3.75. The van der Waals surface area contributed by atoms with Crippen molar-refractivity contribution in [3.05, 3.63) is 46.0 Å². The fourth-order valence-electron chi connectivity index (χ4n) is 13.7. The maximum absolute atomic E-state index is 14.3. The first-order valence-electron chi connectivity index (χ1n) is 21.9. The first-order chi connectivity index (χ1) is 26.8. The lowest BCUT2D eigenvalue weighted by atomic mass is 9.33. The molecule has 0 radical (unpaired) electrons. The second-order valence-corrected chi connectivity index (χ2v) is 22.1. The molecule has 0 bridgehead atoms. The number of aliphatic hydroxyl groups is 1. The lowest BCUT2D eigenvalue weighted by Gasteiger charge is -2.72. The van der Waals surface area contributed by atoms with Crippen LogP contribution >= 0.6 is 11.6 Å². The third-order valence-electron chi connectivity index (χ3n) is 17.0. The van der Waals surface area contributed by atoms with Crippen LogP contribution in [0.1, 0.15) is 132 Å². The van der Waals surface area contributed by atoms with Gasteiger partial charge in [-0.1, -0.05) is 77.8 Å². The monoisotopic (exact) mass is 822 g/mol.